The van der Waals surface area contributed by atoms with E-state index in [0.29, 0.717) is 6.61 Å². The van der Waals surface area contributed by atoms with Crippen molar-refractivity contribution in [2.24, 2.45) is 0 Å². The van der Waals surface area contributed by atoms with Crippen LogP contribution in [0.5, 0.6) is 0 Å². The molecule has 1 saturated heterocycles. The minimum atomic E-state index is -0.00156. The second-order valence-electron chi connectivity index (χ2n) is 4.08. The second kappa shape index (κ2) is 6.94. The first-order valence-electron chi connectivity index (χ1n) is 6.00. The van der Waals surface area contributed by atoms with E-state index in [1.165, 1.54) is 12.0 Å². The molecule has 1 aliphatic rings. The molecule has 1 unspecified atom stereocenters. The smallest absolute Gasteiger partial charge is 0.157 e. The third-order valence-electron chi connectivity index (χ3n) is 2.70. The lowest BCUT2D eigenvalue weighted by Crippen LogP contribution is -2.22. The Balaban J connectivity index is 1.72. The molecule has 92 valence electrons. The zero-order valence-electron chi connectivity index (χ0n) is 9.77. The molecule has 1 heterocycles. The van der Waals surface area contributed by atoms with Crippen LogP contribution in [0.15, 0.2) is 34.8 Å². The van der Waals surface area contributed by atoms with Gasteiger partial charge in [0.1, 0.15) is 0 Å². The highest BCUT2D eigenvalue weighted by molar-refractivity contribution is 9.10. The van der Waals surface area contributed by atoms with Crippen LogP contribution in [0.25, 0.3) is 6.08 Å². The van der Waals surface area contributed by atoms with Gasteiger partial charge in [0.05, 0.1) is 6.61 Å². The maximum absolute atomic E-state index is 5.61. The highest BCUT2D eigenvalue weighted by atomic mass is 79.9. The van der Waals surface area contributed by atoms with Crippen LogP contribution < -0.4 is 0 Å². The summed E-state index contributed by atoms with van der Waals surface area (Å²) in [4.78, 5) is 0. The lowest BCUT2D eigenvalue weighted by atomic mass is 10.2. The summed E-state index contributed by atoms with van der Waals surface area (Å²) in [6.07, 6.45) is 7.48. The average Bonchev–Trinajstić information content (AvgIpc) is 2.38. The van der Waals surface area contributed by atoms with Crippen molar-refractivity contribution in [1.82, 2.24) is 0 Å². The second-order valence-corrected chi connectivity index (χ2v) is 5.00. The molecular formula is C14H17BrO2. The molecule has 2 nitrogen and oxygen atoms in total. The normalized spacial score (nSPS) is 20.9. The van der Waals surface area contributed by atoms with Crippen molar-refractivity contribution in [3.05, 3.63) is 40.4 Å². The van der Waals surface area contributed by atoms with Crippen LogP contribution in [0.1, 0.15) is 24.8 Å². The van der Waals surface area contributed by atoms with E-state index in [1.807, 2.05) is 18.2 Å². The van der Waals surface area contributed by atoms with E-state index >= 15 is 0 Å². The molecule has 1 fully saturated rings. The molecular weight excluding hydrogens is 280 g/mol. The van der Waals surface area contributed by atoms with Crippen molar-refractivity contribution in [3.63, 3.8) is 0 Å². The quantitative estimate of drug-likeness (QED) is 0.836. The standard InChI is InChI=1S/C14H17BrO2/c15-13-8-6-12(7-9-13)4-3-11-17-14-5-1-2-10-16-14/h3-4,6-9,14H,1-2,5,10-11H2/b4-3+. The predicted molar refractivity (Wildman–Crippen MR) is 72.7 cm³/mol. The first-order valence-corrected chi connectivity index (χ1v) is 6.79. The van der Waals surface area contributed by atoms with Crippen molar-refractivity contribution in [3.8, 4) is 0 Å². The summed E-state index contributed by atoms with van der Waals surface area (Å²) in [5.41, 5.74) is 1.18. The van der Waals surface area contributed by atoms with E-state index in [1.54, 1.807) is 0 Å². The first kappa shape index (κ1) is 12.8. The Morgan fingerprint density at radius 2 is 2.12 bits per heavy atom. The molecule has 2 rings (SSSR count). The summed E-state index contributed by atoms with van der Waals surface area (Å²) in [7, 11) is 0. The summed E-state index contributed by atoms with van der Waals surface area (Å²) < 4.78 is 12.2. The van der Waals surface area contributed by atoms with Crippen LogP contribution in [-0.2, 0) is 9.47 Å². The molecule has 1 aromatic rings. The fourth-order valence-electron chi connectivity index (χ4n) is 1.76. The Morgan fingerprint density at radius 3 is 2.82 bits per heavy atom. The highest BCUT2D eigenvalue weighted by Gasteiger charge is 2.12. The van der Waals surface area contributed by atoms with Gasteiger partial charge in [-0.1, -0.05) is 40.2 Å². The Morgan fingerprint density at radius 1 is 1.29 bits per heavy atom. The Labute approximate surface area is 111 Å². The topological polar surface area (TPSA) is 18.5 Å². The monoisotopic (exact) mass is 296 g/mol. The van der Waals surface area contributed by atoms with E-state index in [4.69, 9.17) is 9.47 Å². The molecule has 17 heavy (non-hydrogen) atoms. The fourth-order valence-corrected chi connectivity index (χ4v) is 2.03. The van der Waals surface area contributed by atoms with Crippen LogP contribution in [-0.4, -0.2) is 19.5 Å². The van der Waals surface area contributed by atoms with Gasteiger partial charge in [-0.05, 0) is 37.0 Å². The molecule has 1 atom stereocenters. The number of hydrogen-bond acceptors (Lipinski definition) is 2. The van der Waals surface area contributed by atoms with E-state index in [0.717, 1.165) is 23.9 Å². The fraction of sp³-hybridized carbons (Fsp3) is 0.429. The van der Waals surface area contributed by atoms with E-state index in [-0.39, 0.29) is 6.29 Å². The Hall–Kier alpha value is -0.640. The molecule has 0 aromatic heterocycles. The van der Waals surface area contributed by atoms with Crippen molar-refractivity contribution >= 4 is 22.0 Å². The molecule has 1 aromatic carbocycles. The van der Waals surface area contributed by atoms with Gasteiger partial charge in [-0.3, -0.25) is 0 Å². The van der Waals surface area contributed by atoms with Crippen LogP contribution in [0.2, 0.25) is 0 Å². The van der Waals surface area contributed by atoms with Crippen molar-refractivity contribution in [1.29, 1.82) is 0 Å². The van der Waals surface area contributed by atoms with Gasteiger partial charge < -0.3 is 9.47 Å². The minimum absolute atomic E-state index is 0.00156. The van der Waals surface area contributed by atoms with Crippen molar-refractivity contribution in [2.45, 2.75) is 25.6 Å². The third kappa shape index (κ3) is 4.62. The Kier molecular flexibility index (Phi) is 5.23. The van der Waals surface area contributed by atoms with Gasteiger partial charge in [-0.15, -0.1) is 0 Å². The summed E-state index contributed by atoms with van der Waals surface area (Å²) in [6.45, 7) is 1.45. The van der Waals surface area contributed by atoms with Gasteiger partial charge in [-0.25, -0.2) is 0 Å². The SMILES string of the molecule is Brc1ccc(/C=C/COC2CCCCO2)cc1. The third-order valence-corrected chi connectivity index (χ3v) is 3.23. The van der Waals surface area contributed by atoms with Crippen LogP contribution in [0.4, 0.5) is 0 Å². The van der Waals surface area contributed by atoms with Gasteiger partial charge in [0.2, 0.25) is 0 Å². The van der Waals surface area contributed by atoms with E-state index in [9.17, 15) is 0 Å². The first-order chi connectivity index (χ1) is 8.34. The molecule has 0 N–H and O–H groups in total. The molecule has 0 bridgehead atoms. The van der Waals surface area contributed by atoms with Crippen LogP contribution >= 0.6 is 15.9 Å². The van der Waals surface area contributed by atoms with Gasteiger partial charge in [0, 0.05) is 11.1 Å². The number of ether oxygens (including phenoxy) is 2. The van der Waals surface area contributed by atoms with Crippen molar-refractivity contribution < 1.29 is 9.47 Å². The van der Waals surface area contributed by atoms with Gasteiger partial charge in [-0.2, -0.15) is 0 Å². The predicted octanol–water partition coefficient (Wildman–Crippen LogP) is 4.01. The molecule has 0 radical (unpaired) electrons. The van der Waals surface area contributed by atoms with Gasteiger partial charge >= 0.3 is 0 Å². The van der Waals surface area contributed by atoms with Gasteiger partial charge in [0.25, 0.3) is 0 Å². The van der Waals surface area contributed by atoms with Crippen LogP contribution in [0, 0.1) is 0 Å². The van der Waals surface area contributed by atoms with Crippen LogP contribution in [0.3, 0.4) is 0 Å². The largest absolute Gasteiger partial charge is 0.353 e. The lowest BCUT2D eigenvalue weighted by molar-refractivity contribution is -0.155. The zero-order chi connectivity index (χ0) is 11.9. The summed E-state index contributed by atoms with van der Waals surface area (Å²) in [6, 6.07) is 8.20. The number of rotatable bonds is 4. The zero-order valence-corrected chi connectivity index (χ0v) is 11.4. The molecule has 0 saturated carbocycles. The molecule has 1 aliphatic heterocycles. The van der Waals surface area contributed by atoms with E-state index in [2.05, 4.69) is 34.1 Å². The summed E-state index contributed by atoms with van der Waals surface area (Å²) >= 11 is 3.41. The Bertz CT molecular complexity index is 353. The molecule has 3 heteroatoms. The molecule has 0 aliphatic carbocycles. The highest BCUT2D eigenvalue weighted by Crippen LogP contribution is 2.14. The number of benzene rings is 1. The average molecular weight is 297 g/mol. The number of halogens is 1. The maximum Gasteiger partial charge on any atom is 0.157 e. The number of hydrogen-bond donors (Lipinski definition) is 0. The minimum Gasteiger partial charge on any atom is -0.353 e. The lowest BCUT2D eigenvalue weighted by Gasteiger charge is -2.21. The summed E-state index contributed by atoms with van der Waals surface area (Å²) in [5, 5.41) is 0. The van der Waals surface area contributed by atoms with E-state index < -0.39 is 0 Å². The van der Waals surface area contributed by atoms with Gasteiger partial charge in [0.15, 0.2) is 6.29 Å². The molecule has 0 amide bonds. The summed E-state index contributed by atoms with van der Waals surface area (Å²) in [5.74, 6) is 0. The maximum atomic E-state index is 5.61. The van der Waals surface area contributed by atoms with Crippen molar-refractivity contribution in [2.75, 3.05) is 13.2 Å². The molecule has 0 spiro atoms.